The third-order valence-corrected chi connectivity index (χ3v) is 4.36. The average Bonchev–Trinajstić information content (AvgIpc) is 2.27. The molecule has 0 atom stereocenters. The fourth-order valence-electron chi connectivity index (χ4n) is 2.66. The average molecular weight is 245 g/mol. The predicted octanol–water partition coefficient (Wildman–Crippen LogP) is 4.33. The highest BCUT2D eigenvalue weighted by Gasteiger charge is 2.30. The van der Waals surface area contributed by atoms with Crippen LogP contribution in [0.3, 0.4) is 0 Å². The highest BCUT2D eigenvalue weighted by Crippen LogP contribution is 2.33. The Morgan fingerprint density at radius 3 is 2.17 bits per heavy atom. The van der Waals surface area contributed by atoms with E-state index in [4.69, 9.17) is 0 Å². The fraction of sp³-hybridized carbons (Fsp3) is 0.647. The first kappa shape index (κ1) is 13.6. The van der Waals surface area contributed by atoms with Crippen molar-refractivity contribution in [2.45, 2.75) is 59.0 Å². The van der Waals surface area contributed by atoms with Gasteiger partial charge in [0, 0.05) is 12.6 Å². The van der Waals surface area contributed by atoms with Crippen LogP contribution in [-0.2, 0) is 6.54 Å². The molecule has 1 fully saturated rings. The van der Waals surface area contributed by atoms with Crippen molar-refractivity contribution < 1.29 is 0 Å². The van der Waals surface area contributed by atoms with E-state index in [-0.39, 0.29) is 0 Å². The summed E-state index contributed by atoms with van der Waals surface area (Å²) >= 11 is 0. The maximum atomic E-state index is 3.67. The lowest BCUT2D eigenvalue weighted by molar-refractivity contribution is 0.167. The Labute approximate surface area is 112 Å². The van der Waals surface area contributed by atoms with E-state index in [1.807, 2.05) is 0 Å². The van der Waals surface area contributed by atoms with Crippen molar-refractivity contribution in [2.24, 2.45) is 11.8 Å². The van der Waals surface area contributed by atoms with Crippen LogP contribution in [0.4, 0.5) is 0 Å². The second kappa shape index (κ2) is 5.88. The van der Waals surface area contributed by atoms with Gasteiger partial charge in [0.1, 0.15) is 0 Å². The second-order valence-corrected chi connectivity index (χ2v) is 6.45. The molecule has 1 aliphatic carbocycles. The number of hydrogen-bond donors (Lipinski definition) is 1. The molecular formula is C17H27N. The van der Waals surface area contributed by atoms with E-state index >= 15 is 0 Å². The molecule has 100 valence electrons. The summed E-state index contributed by atoms with van der Waals surface area (Å²) in [4.78, 5) is 0. The molecule has 1 aromatic carbocycles. The first-order chi connectivity index (χ1) is 8.56. The summed E-state index contributed by atoms with van der Waals surface area (Å²) in [7, 11) is 0. The van der Waals surface area contributed by atoms with Crippen molar-refractivity contribution in [3.8, 4) is 0 Å². The largest absolute Gasteiger partial charge is 0.310 e. The molecular weight excluding hydrogens is 218 g/mol. The van der Waals surface area contributed by atoms with Crippen molar-refractivity contribution in [3.63, 3.8) is 0 Å². The molecule has 0 aliphatic heterocycles. The van der Waals surface area contributed by atoms with Crippen LogP contribution in [0.5, 0.6) is 0 Å². The lowest BCUT2D eigenvalue weighted by Gasteiger charge is -2.38. The van der Waals surface area contributed by atoms with Crippen molar-refractivity contribution >= 4 is 0 Å². The summed E-state index contributed by atoms with van der Waals surface area (Å²) in [5, 5.41) is 3.67. The summed E-state index contributed by atoms with van der Waals surface area (Å²) < 4.78 is 0. The smallest absolute Gasteiger partial charge is 0.0208 e. The van der Waals surface area contributed by atoms with Crippen LogP contribution in [0.2, 0.25) is 0 Å². The molecule has 0 saturated heterocycles. The van der Waals surface area contributed by atoms with E-state index in [9.17, 15) is 0 Å². The Hall–Kier alpha value is -0.820. The van der Waals surface area contributed by atoms with Crippen LogP contribution >= 0.6 is 0 Å². The molecule has 0 spiro atoms. The molecule has 2 rings (SSSR count). The molecule has 0 unspecified atom stereocenters. The number of hydrogen-bond acceptors (Lipinski definition) is 1. The SMILES string of the molecule is CC(C)c1ccc(CNC2CC(C(C)C)C2)cc1. The lowest BCUT2D eigenvalue weighted by Crippen LogP contribution is -2.42. The number of benzene rings is 1. The Bertz CT molecular complexity index is 358. The molecule has 0 heterocycles. The molecule has 1 aromatic rings. The van der Waals surface area contributed by atoms with Crippen molar-refractivity contribution in [1.82, 2.24) is 5.32 Å². The highest BCUT2D eigenvalue weighted by atomic mass is 14.9. The molecule has 1 nitrogen and oxygen atoms in total. The summed E-state index contributed by atoms with van der Waals surface area (Å²) in [5.74, 6) is 2.43. The van der Waals surface area contributed by atoms with Crippen LogP contribution in [0, 0.1) is 11.8 Å². The van der Waals surface area contributed by atoms with Crippen LogP contribution in [-0.4, -0.2) is 6.04 Å². The van der Waals surface area contributed by atoms with E-state index in [2.05, 4.69) is 57.3 Å². The lowest BCUT2D eigenvalue weighted by atomic mass is 9.73. The summed E-state index contributed by atoms with van der Waals surface area (Å²) in [6, 6.07) is 9.81. The molecule has 0 aromatic heterocycles. The van der Waals surface area contributed by atoms with E-state index in [1.165, 1.54) is 24.0 Å². The van der Waals surface area contributed by atoms with Gasteiger partial charge in [0.25, 0.3) is 0 Å². The van der Waals surface area contributed by atoms with Gasteiger partial charge in [-0.3, -0.25) is 0 Å². The zero-order chi connectivity index (χ0) is 13.1. The summed E-state index contributed by atoms with van der Waals surface area (Å²) in [5.41, 5.74) is 2.84. The molecule has 1 saturated carbocycles. The summed E-state index contributed by atoms with van der Waals surface area (Å²) in [6.45, 7) is 10.2. The van der Waals surface area contributed by atoms with Gasteiger partial charge in [0.2, 0.25) is 0 Å². The standard InChI is InChI=1S/C17H27N/c1-12(2)15-7-5-14(6-8-15)11-18-17-9-16(10-17)13(3)4/h5-8,12-13,16-18H,9-11H2,1-4H3. The van der Waals surface area contributed by atoms with Gasteiger partial charge in [0.15, 0.2) is 0 Å². The second-order valence-electron chi connectivity index (χ2n) is 6.45. The quantitative estimate of drug-likeness (QED) is 0.814. The maximum absolute atomic E-state index is 3.67. The maximum Gasteiger partial charge on any atom is 0.0208 e. The Balaban J connectivity index is 1.74. The molecule has 0 amide bonds. The third-order valence-electron chi connectivity index (χ3n) is 4.36. The van der Waals surface area contributed by atoms with Gasteiger partial charge in [-0.1, -0.05) is 52.0 Å². The first-order valence-electron chi connectivity index (χ1n) is 7.38. The monoisotopic (exact) mass is 245 g/mol. The van der Waals surface area contributed by atoms with E-state index < -0.39 is 0 Å². The van der Waals surface area contributed by atoms with Crippen molar-refractivity contribution in [2.75, 3.05) is 0 Å². The number of nitrogens with one attached hydrogen (secondary N) is 1. The minimum Gasteiger partial charge on any atom is -0.310 e. The van der Waals surface area contributed by atoms with Gasteiger partial charge in [-0.15, -0.1) is 0 Å². The van der Waals surface area contributed by atoms with Gasteiger partial charge < -0.3 is 5.32 Å². The normalized spacial score (nSPS) is 23.4. The molecule has 0 bridgehead atoms. The Morgan fingerprint density at radius 2 is 1.67 bits per heavy atom. The molecule has 0 radical (unpaired) electrons. The van der Waals surface area contributed by atoms with Gasteiger partial charge in [0.05, 0.1) is 0 Å². The topological polar surface area (TPSA) is 12.0 Å². The zero-order valence-electron chi connectivity index (χ0n) is 12.2. The minimum atomic E-state index is 0.630. The fourth-order valence-corrected chi connectivity index (χ4v) is 2.66. The first-order valence-corrected chi connectivity index (χ1v) is 7.38. The van der Waals surface area contributed by atoms with E-state index in [1.54, 1.807) is 0 Å². The van der Waals surface area contributed by atoms with Crippen LogP contribution < -0.4 is 5.32 Å². The van der Waals surface area contributed by atoms with E-state index in [0.29, 0.717) is 5.92 Å². The Kier molecular flexibility index (Phi) is 4.45. The van der Waals surface area contributed by atoms with Gasteiger partial charge >= 0.3 is 0 Å². The number of rotatable bonds is 5. The molecule has 1 aliphatic rings. The van der Waals surface area contributed by atoms with Gasteiger partial charge in [-0.05, 0) is 41.7 Å². The third kappa shape index (κ3) is 3.35. The van der Waals surface area contributed by atoms with E-state index in [0.717, 1.165) is 24.4 Å². The molecule has 1 heteroatoms. The van der Waals surface area contributed by atoms with Gasteiger partial charge in [-0.25, -0.2) is 0 Å². The van der Waals surface area contributed by atoms with Crippen molar-refractivity contribution in [3.05, 3.63) is 35.4 Å². The minimum absolute atomic E-state index is 0.630. The summed E-state index contributed by atoms with van der Waals surface area (Å²) in [6.07, 6.45) is 2.73. The highest BCUT2D eigenvalue weighted by molar-refractivity contribution is 5.24. The predicted molar refractivity (Wildman–Crippen MR) is 78.7 cm³/mol. The van der Waals surface area contributed by atoms with Crippen LogP contribution in [0.15, 0.2) is 24.3 Å². The Morgan fingerprint density at radius 1 is 1.06 bits per heavy atom. The molecule has 1 N–H and O–H groups in total. The van der Waals surface area contributed by atoms with Crippen LogP contribution in [0.25, 0.3) is 0 Å². The zero-order valence-corrected chi connectivity index (χ0v) is 12.2. The molecule has 18 heavy (non-hydrogen) atoms. The van der Waals surface area contributed by atoms with Gasteiger partial charge in [-0.2, -0.15) is 0 Å². The van der Waals surface area contributed by atoms with Crippen molar-refractivity contribution in [1.29, 1.82) is 0 Å². The van der Waals surface area contributed by atoms with Crippen LogP contribution in [0.1, 0.15) is 57.6 Å².